The Morgan fingerprint density at radius 1 is 1.40 bits per heavy atom. The van der Waals surface area contributed by atoms with Crippen LogP contribution < -0.4 is 5.32 Å². The molecular weight excluding hydrogens is 66.0 g/mol. The van der Waals surface area contributed by atoms with E-state index in [1.807, 2.05) is 6.79 Å². The van der Waals surface area contributed by atoms with Gasteiger partial charge < -0.3 is 10.1 Å². The van der Waals surface area contributed by atoms with Gasteiger partial charge in [-0.15, -0.1) is 0 Å². The van der Waals surface area contributed by atoms with E-state index in [1.165, 1.54) is 13.1 Å². The molecular formula is C3H7NO. The van der Waals surface area contributed by atoms with Crippen LogP contribution in [0.25, 0.3) is 0 Å². The monoisotopic (exact) mass is 73.1 g/mol. The fourth-order valence-electron chi connectivity index (χ4n) is 0. The Bertz CT molecular complexity index is 18.1. The molecule has 0 unspecified atom stereocenters. The average Bonchev–Trinajstić information content (AvgIpc) is 2.19. The summed E-state index contributed by atoms with van der Waals surface area (Å²) in [4.78, 5) is 8.00. The summed E-state index contributed by atoms with van der Waals surface area (Å²) in [6.45, 7) is 4.50. The molecule has 1 fully saturated rings. The van der Waals surface area contributed by atoms with Crippen molar-refractivity contribution >= 4 is 6.79 Å². The van der Waals surface area contributed by atoms with Gasteiger partial charge in [0.2, 0.25) is 0 Å². The van der Waals surface area contributed by atoms with Crippen molar-refractivity contribution in [3.63, 3.8) is 0 Å². The number of nitrogens with one attached hydrogen (secondary N) is 1. The van der Waals surface area contributed by atoms with E-state index in [0.29, 0.717) is 0 Å². The van der Waals surface area contributed by atoms with Gasteiger partial charge in [0, 0.05) is 13.1 Å². The lowest BCUT2D eigenvalue weighted by molar-refractivity contribution is -0.0979. The van der Waals surface area contributed by atoms with E-state index >= 15 is 0 Å². The molecule has 5 heavy (non-hydrogen) atoms. The van der Waals surface area contributed by atoms with Crippen molar-refractivity contribution in [2.45, 2.75) is 0 Å². The van der Waals surface area contributed by atoms with Crippen molar-refractivity contribution in [1.82, 2.24) is 5.32 Å². The van der Waals surface area contributed by atoms with Crippen LogP contribution in [0.3, 0.4) is 0 Å². The number of carbonyl (C=O) groups is 1. The number of hydrogen-bond donors (Lipinski definition) is 1. The second-order valence-corrected chi connectivity index (χ2v) is 0.750. The zero-order valence-corrected chi connectivity index (χ0v) is 3.03. The number of rotatable bonds is 0. The molecule has 1 saturated heterocycles. The lowest BCUT2D eigenvalue weighted by Gasteiger charge is -1.21. The molecule has 1 aliphatic rings. The summed E-state index contributed by atoms with van der Waals surface area (Å²) in [5.74, 6) is 0. The van der Waals surface area contributed by atoms with Crippen molar-refractivity contribution in [3.05, 3.63) is 0 Å². The van der Waals surface area contributed by atoms with Crippen LogP contribution in [0.1, 0.15) is 0 Å². The molecule has 0 aliphatic carbocycles. The van der Waals surface area contributed by atoms with Gasteiger partial charge >= 0.3 is 0 Å². The van der Waals surface area contributed by atoms with E-state index in [-0.39, 0.29) is 0 Å². The minimum Gasteiger partial charge on any atom is -0.314 e. The first-order valence-corrected chi connectivity index (χ1v) is 1.50. The van der Waals surface area contributed by atoms with Crippen LogP contribution >= 0.6 is 0 Å². The van der Waals surface area contributed by atoms with Crippen molar-refractivity contribution < 1.29 is 4.79 Å². The quantitative estimate of drug-likeness (QED) is 0.389. The van der Waals surface area contributed by atoms with E-state index in [0.717, 1.165) is 0 Å². The van der Waals surface area contributed by atoms with Gasteiger partial charge in [0.25, 0.3) is 0 Å². The normalized spacial score (nSPS) is 15.2. The Balaban J connectivity index is 0.0000000733. The average molecular weight is 73.1 g/mol. The Hall–Kier alpha value is -0.370. The van der Waals surface area contributed by atoms with Gasteiger partial charge in [0.1, 0.15) is 6.79 Å². The Morgan fingerprint density at radius 2 is 1.60 bits per heavy atom. The van der Waals surface area contributed by atoms with Crippen molar-refractivity contribution in [2.75, 3.05) is 13.1 Å². The Labute approximate surface area is 31.2 Å². The number of hydrogen-bond acceptors (Lipinski definition) is 2. The summed E-state index contributed by atoms with van der Waals surface area (Å²) in [6.07, 6.45) is 0. The topological polar surface area (TPSA) is 39.0 Å². The largest absolute Gasteiger partial charge is 0.314 e. The molecule has 0 amide bonds. The van der Waals surface area contributed by atoms with Crippen LogP contribution in [-0.2, 0) is 4.79 Å². The van der Waals surface area contributed by atoms with Crippen molar-refractivity contribution in [2.24, 2.45) is 0 Å². The second-order valence-electron chi connectivity index (χ2n) is 0.750. The molecule has 0 aromatic carbocycles. The van der Waals surface area contributed by atoms with Gasteiger partial charge in [0.05, 0.1) is 0 Å². The van der Waals surface area contributed by atoms with Crippen molar-refractivity contribution in [1.29, 1.82) is 0 Å². The summed E-state index contributed by atoms with van der Waals surface area (Å²) in [7, 11) is 0. The van der Waals surface area contributed by atoms with Gasteiger partial charge in [-0.25, -0.2) is 0 Å². The van der Waals surface area contributed by atoms with E-state index in [9.17, 15) is 0 Å². The van der Waals surface area contributed by atoms with Gasteiger partial charge in [-0.2, -0.15) is 0 Å². The summed E-state index contributed by atoms with van der Waals surface area (Å²) < 4.78 is 0. The molecule has 0 spiro atoms. The third kappa shape index (κ3) is 24.3. The highest BCUT2D eigenvalue weighted by Crippen LogP contribution is 1.65. The lowest BCUT2D eigenvalue weighted by atomic mass is 11.0. The fraction of sp³-hybridized carbons (Fsp3) is 0.667. The van der Waals surface area contributed by atoms with Crippen LogP contribution in [0.4, 0.5) is 0 Å². The van der Waals surface area contributed by atoms with E-state index in [4.69, 9.17) is 4.79 Å². The molecule has 30 valence electrons. The molecule has 0 radical (unpaired) electrons. The lowest BCUT2D eigenvalue weighted by Crippen LogP contribution is -1.56. The molecule has 1 heterocycles. The van der Waals surface area contributed by atoms with Gasteiger partial charge in [-0.05, 0) is 0 Å². The third-order valence-corrected chi connectivity index (χ3v) is 0.250. The standard InChI is InChI=1S/C2H5N.CH2O/c1-2-3-1;1-2/h3H,1-2H2;1H2. The smallest absolute Gasteiger partial charge is 0.106 e. The predicted molar refractivity (Wildman–Crippen MR) is 20.0 cm³/mol. The zero-order chi connectivity index (χ0) is 4.12. The van der Waals surface area contributed by atoms with Crippen LogP contribution in [0.2, 0.25) is 0 Å². The van der Waals surface area contributed by atoms with E-state index in [1.54, 1.807) is 0 Å². The minimum atomic E-state index is 1.25. The molecule has 0 saturated carbocycles. The fourth-order valence-corrected chi connectivity index (χ4v) is 0. The first kappa shape index (κ1) is 4.63. The molecule has 0 bridgehead atoms. The van der Waals surface area contributed by atoms with Gasteiger partial charge in [-0.1, -0.05) is 0 Å². The maximum atomic E-state index is 8.00. The third-order valence-electron chi connectivity index (χ3n) is 0.250. The minimum absolute atomic E-state index is 1.25. The highest BCUT2D eigenvalue weighted by molar-refractivity contribution is 5.10. The van der Waals surface area contributed by atoms with Gasteiger partial charge in [-0.3, -0.25) is 0 Å². The van der Waals surface area contributed by atoms with Gasteiger partial charge in [0.15, 0.2) is 0 Å². The summed E-state index contributed by atoms with van der Waals surface area (Å²) in [6, 6.07) is 0. The Kier molecular flexibility index (Phi) is 3.36. The first-order chi connectivity index (χ1) is 2.50. The molecule has 0 aromatic rings. The summed E-state index contributed by atoms with van der Waals surface area (Å²) >= 11 is 0. The highest BCUT2D eigenvalue weighted by Gasteiger charge is 1.91. The second kappa shape index (κ2) is 3.63. The zero-order valence-electron chi connectivity index (χ0n) is 3.03. The summed E-state index contributed by atoms with van der Waals surface area (Å²) in [5.41, 5.74) is 0. The molecule has 1 rings (SSSR count). The summed E-state index contributed by atoms with van der Waals surface area (Å²) in [5, 5.41) is 3.00. The van der Waals surface area contributed by atoms with Crippen molar-refractivity contribution in [3.8, 4) is 0 Å². The number of carbonyl (C=O) groups excluding carboxylic acids is 1. The molecule has 2 nitrogen and oxygen atoms in total. The predicted octanol–water partition coefficient (Wildman–Crippen LogP) is -0.595. The van der Waals surface area contributed by atoms with Crippen LogP contribution in [0.5, 0.6) is 0 Å². The molecule has 0 atom stereocenters. The van der Waals surface area contributed by atoms with E-state index < -0.39 is 0 Å². The van der Waals surface area contributed by atoms with Crippen LogP contribution in [0.15, 0.2) is 0 Å². The van der Waals surface area contributed by atoms with Crippen LogP contribution in [-0.4, -0.2) is 19.9 Å². The maximum Gasteiger partial charge on any atom is 0.106 e. The first-order valence-electron chi connectivity index (χ1n) is 1.50. The Morgan fingerprint density at radius 3 is 1.60 bits per heavy atom. The van der Waals surface area contributed by atoms with Crippen LogP contribution in [0, 0.1) is 0 Å². The molecule has 2 heteroatoms. The molecule has 0 aromatic heterocycles. The molecule has 1 N–H and O–H groups in total. The van der Waals surface area contributed by atoms with E-state index in [2.05, 4.69) is 5.32 Å². The SMILES string of the molecule is C1CN1.C=O. The maximum absolute atomic E-state index is 8.00. The molecule has 1 aliphatic heterocycles. The highest BCUT2D eigenvalue weighted by atomic mass is 16.1.